The fourth-order valence-corrected chi connectivity index (χ4v) is 3.13. The third-order valence-corrected chi connectivity index (χ3v) is 4.40. The Labute approximate surface area is 108 Å². The first-order valence-electron chi connectivity index (χ1n) is 5.86. The Kier molecular flexibility index (Phi) is 6.22. The van der Waals surface area contributed by atoms with Crippen molar-refractivity contribution in [3.05, 3.63) is 0 Å². The van der Waals surface area contributed by atoms with Gasteiger partial charge in [0.25, 0.3) is 0 Å². The molecule has 0 atom stereocenters. The number of sulfonamides is 1. The maximum atomic E-state index is 11.6. The van der Waals surface area contributed by atoms with Crippen LogP contribution in [0.1, 0.15) is 25.7 Å². The van der Waals surface area contributed by atoms with Crippen LogP contribution in [0.15, 0.2) is 0 Å². The highest BCUT2D eigenvalue weighted by molar-refractivity contribution is 7.89. The van der Waals surface area contributed by atoms with Gasteiger partial charge < -0.3 is 4.90 Å². The predicted molar refractivity (Wildman–Crippen MR) is 67.6 cm³/mol. The molecule has 1 amide bonds. The zero-order valence-corrected chi connectivity index (χ0v) is 11.4. The van der Waals surface area contributed by atoms with Crippen LogP contribution in [0.5, 0.6) is 0 Å². The van der Waals surface area contributed by atoms with E-state index in [0.29, 0.717) is 12.3 Å². The maximum Gasteiger partial charge on any atom is 0.223 e. The largest absolute Gasteiger partial charge is 0.343 e. The summed E-state index contributed by atoms with van der Waals surface area (Å²) in [6.45, 7) is 1.79. The van der Waals surface area contributed by atoms with E-state index >= 15 is 0 Å². The minimum Gasteiger partial charge on any atom is -0.343 e. The zero-order valence-electron chi connectivity index (χ0n) is 9.82. The van der Waals surface area contributed by atoms with Gasteiger partial charge in [0.15, 0.2) is 0 Å². The van der Waals surface area contributed by atoms with Gasteiger partial charge in [0, 0.05) is 31.9 Å². The highest BCUT2D eigenvalue weighted by atomic mass is 35.5. The first-order valence-corrected chi connectivity index (χ1v) is 8.05. The Morgan fingerprint density at radius 3 is 2.53 bits per heavy atom. The molecule has 1 rings (SSSR count). The van der Waals surface area contributed by atoms with Gasteiger partial charge in [-0.1, -0.05) is 0 Å². The van der Waals surface area contributed by atoms with E-state index in [0.717, 1.165) is 25.9 Å². The Bertz CT molecular complexity index is 339. The van der Waals surface area contributed by atoms with Gasteiger partial charge in [-0.15, -0.1) is 11.6 Å². The number of nitrogens with zero attached hydrogens (tertiary/aromatic N) is 1. The summed E-state index contributed by atoms with van der Waals surface area (Å²) >= 11 is 5.43. The van der Waals surface area contributed by atoms with Gasteiger partial charge in [0.05, 0.1) is 5.75 Å². The number of rotatable bonds is 7. The summed E-state index contributed by atoms with van der Waals surface area (Å²) in [7, 11) is -3.27. The molecular weight excluding hydrogens is 264 g/mol. The van der Waals surface area contributed by atoms with Gasteiger partial charge in [-0.3, -0.25) is 4.79 Å². The van der Waals surface area contributed by atoms with Gasteiger partial charge in [0.2, 0.25) is 15.9 Å². The van der Waals surface area contributed by atoms with Crippen LogP contribution in [0, 0.1) is 0 Å². The molecule has 1 aliphatic heterocycles. The molecule has 5 nitrogen and oxygen atoms in total. The van der Waals surface area contributed by atoms with E-state index in [9.17, 15) is 13.2 Å². The number of hydrogen-bond donors (Lipinski definition) is 1. The van der Waals surface area contributed by atoms with Crippen molar-refractivity contribution in [1.29, 1.82) is 0 Å². The molecule has 17 heavy (non-hydrogen) atoms. The van der Waals surface area contributed by atoms with Crippen molar-refractivity contribution in [1.82, 2.24) is 9.62 Å². The highest BCUT2D eigenvalue weighted by Gasteiger charge is 2.18. The van der Waals surface area contributed by atoms with Crippen LogP contribution in [0.25, 0.3) is 0 Å². The molecule has 100 valence electrons. The summed E-state index contributed by atoms with van der Waals surface area (Å²) in [6.07, 6.45) is 2.76. The number of likely N-dealkylation sites (tertiary alicyclic amines) is 1. The number of carbonyl (C=O) groups is 1. The molecule has 1 fully saturated rings. The lowest BCUT2D eigenvalue weighted by atomic mass is 10.4. The standard InChI is InChI=1S/C10H19ClN2O3S/c11-5-3-9-17(15,16)12-6-4-10(14)13-7-1-2-8-13/h12H,1-9H2. The molecule has 0 aromatic rings. The van der Waals surface area contributed by atoms with Crippen LogP contribution in [0.4, 0.5) is 0 Å². The van der Waals surface area contributed by atoms with Crippen molar-refractivity contribution < 1.29 is 13.2 Å². The Morgan fingerprint density at radius 2 is 1.94 bits per heavy atom. The van der Waals surface area contributed by atoms with Crippen molar-refractivity contribution in [2.75, 3.05) is 31.3 Å². The molecule has 1 aliphatic rings. The van der Waals surface area contributed by atoms with Crippen molar-refractivity contribution in [2.45, 2.75) is 25.7 Å². The van der Waals surface area contributed by atoms with Crippen LogP contribution in [-0.4, -0.2) is 50.5 Å². The maximum absolute atomic E-state index is 11.6. The second-order valence-electron chi connectivity index (χ2n) is 4.09. The molecule has 0 saturated carbocycles. The van der Waals surface area contributed by atoms with Crippen molar-refractivity contribution >= 4 is 27.5 Å². The lowest BCUT2D eigenvalue weighted by Crippen LogP contribution is -2.33. The number of nitrogens with one attached hydrogen (secondary N) is 1. The fraction of sp³-hybridized carbons (Fsp3) is 0.900. The molecule has 1 heterocycles. The molecule has 0 unspecified atom stereocenters. The lowest BCUT2D eigenvalue weighted by molar-refractivity contribution is -0.129. The Hall–Kier alpha value is -0.330. The molecule has 0 bridgehead atoms. The first-order chi connectivity index (χ1) is 8.05. The van der Waals surface area contributed by atoms with Gasteiger partial charge in [-0.2, -0.15) is 0 Å². The quantitative estimate of drug-likeness (QED) is 0.694. The fourth-order valence-electron chi connectivity index (χ4n) is 1.75. The molecule has 0 radical (unpaired) electrons. The topological polar surface area (TPSA) is 66.5 Å². The monoisotopic (exact) mass is 282 g/mol. The van der Waals surface area contributed by atoms with Crippen LogP contribution in [-0.2, 0) is 14.8 Å². The molecule has 0 aliphatic carbocycles. The summed E-state index contributed by atoms with van der Waals surface area (Å²) in [5, 5.41) is 0. The molecule has 0 aromatic carbocycles. The summed E-state index contributed by atoms with van der Waals surface area (Å²) in [5.41, 5.74) is 0. The summed E-state index contributed by atoms with van der Waals surface area (Å²) < 4.78 is 25.2. The smallest absolute Gasteiger partial charge is 0.223 e. The van der Waals surface area contributed by atoms with E-state index in [2.05, 4.69) is 4.72 Å². The first kappa shape index (κ1) is 14.7. The number of hydrogen-bond acceptors (Lipinski definition) is 3. The van der Waals surface area contributed by atoms with Gasteiger partial charge >= 0.3 is 0 Å². The molecule has 1 N–H and O–H groups in total. The molecule has 7 heteroatoms. The van der Waals surface area contributed by atoms with E-state index < -0.39 is 10.0 Å². The number of halogens is 1. The lowest BCUT2D eigenvalue weighted by Gasteiger charge is -2.15. The van der Waals surface area contributed by atoms with Gasteiger partial charge in [-0.25, -0.2) is 13.1 Å². The van der Waals surface area contributed by atoms with Crippen molar-refractivity contribution in [3.63, 3.8) is 0 Å². The number of alkyl halides is 1. The summed E-state index contributed by atoms with van der Waals surface area (Å²) in [6, 6.07) is 0. The molecule has 0 aromatic heterocycles. The van der Waals surface area contributed by atoms with Gasteiger partial charge in [-0.05, 0) is 19.3 Å². The van der Waals surface area contributed by atoms with E-state index in [1.807, 2.05) is 0 Å². The third-order valence-electron chi connectivity index (χ3n) is 2.67. The van der Waals surface area contributed by atoms with E-state index in [1.165, 1.54) is 0 Å². The molecule has 0 spiro atoms. The van der Waals surface area contributed by atoms with Crippen LogP contribution >= 0.6 is 11.6 Å². The van der Waals surface area contributed by atoms with E-state index in [4.69, 9.17) is 11.6 Å². The summed E-state index contributed by atoms with van der Waals surface area (Å²) in [4.78, 5) is 13.4. The third kappa shape index (κ3) is 5.70. The molecular formula is C10H19ClN2O3S. The number of carbonyl (C=O) groups excluding carboxylic acids is 1. The Morgan fingerprint density at radius 1 is 1.29 bits per heavy atom. The second-order valence-corrected chi connectivity index (χ2v) is 6.40. The normalized spacial score (nSPS) is 16.4. The van der Waals surface area contributed by atoms with E-state index in [1.54, 1.807) is 4.90 Å². The minimum absolute atomic E-state index is 0.0222. The van der Waals surface area contributed by atoms with Crippen molar-refractivity contribution in [3.8, 4) is 0 Å². The molecule has 1 saturated heterocycles. The van der Waals surface area contributed by atoms with Crippen LogP contribution in [0.3, 0.4) is 0 Å². The Balaban J connectivity index is 2.20. The highest BCUT2D eigenvalue weighted by Crippen LogP contribution is 2.08. The van der Waals surface area contributed by atoms with Crippen molar-refractivity contribution in [2.24, 2.45) is 0 Å². The SMILES string of the molecule is O=C(CCNS(=O)(=O)CCCCl)N1CCCC1. The van der Waals surface area contributed by atoms with Crippen LogP contribution in [0.2, 0.25) is 0 Å². The van der Waals surface area contributed by atoms with Crippen LogP contribution < -0.4 is 4.72 Å². The zero-order chi connectivity index (χ0) is 12.7. The van der Waals surface area contributed by atoms with Gasteiger partial charge in [0.1, 0.15) is 0 Å². The number of amides is 1. The summed E-state index contributed by atoms with van der Waals surface area (Å²) in [5.74, 6) is 0.379. The average molecular weight is 283 g/mol. The second kappa shape index (κ2) is 7.18. The predicted octanol–water partition coefficient (Wildman–Crippen LogP) is 0.547. The van der Waals surface area contributed by atoms with E-state index in [-0.39, 0.29) is 24.6 Å². The average Bonchev–Trinajstić information content (AvgIpc) is 2.79. The minimum atomic E-state index is -3.27.